The molecule has 2 saturated carbocycles. The van der Waals surface area contributed by atoms with Crippen LogP contribution in [0.1, 0.15) is 26.7 Å². The number of methoxy groups -OCH3 is 1. The predicted octanol–water partition coefficient (Wildman–Crippen LogP) is 2.69. The van der Waals surface area contributed by atoms with Crippen LogP contribution < -0.4 is 0 Å². The number of esters is 1. The first kappa shape index (κ1) is 13.5. The standard InChI is InChI=1S/C12H16Br2O3/c1-10(2)11(6-13)4-5-12(10,9(16)17-3)7(14)8(11)15/h7H,4-6H2,1-3H3/t7-,11-,12-/m1/s1. The molecular weight excluding hydrogens is 352 g/mol. The van der Waals surface area contributed by atoms with Crippen molar-refractivity contribution in [1.29, 1.82) is 0 Å². The SMILES string of the molecule is COC(=O)[C@@]12CC[C@@](CBr)(C(=O)[C@H]1Br)C2(C)C. The number of carbonyl (C=O) groups is 2. The van der Waals surface area contributed by atoms with Gasteiger partial charge in [-0.15, -0.1) is 0 Å². The lowest BCUT2D eigenvalue weighted by atomic mass is 9.65. The third kappa shape index (κ3) is 1.18. The summed E-state index contributed by atoms with van der Waals surface area (Å²) in [4.78, 5) is 24.3. The van der Waals surface area contributed by atoms with Gasteiger partial charge in [0.2, 0.25) is 0 Å². The van der Waals surface area contributed by atoms with Crippen molar-refractivity contribution in [2.24, 2.45) is 16.2 Å². The Labute approximate surface area is 118 Å². The van der Waals surface area contributed by atoms with Crippen LogP contribution in [0.4, 0.5) is 0 Å². The fraction of sp³-hybridized carbons (Fsp3) is 0.833. The van der Waals surface area contributed by atoms with E-state index in [1.165, 1.54) is 7.11 Å². The van der Waals surface area contributed by atoms with Gasteiger partial charge in [-0.05, 0) is 18.3 Å². The number of hydrogen-bond acceptors (Lipinski definition) is 3. The molecule has 0 heterocycles. The van der Waals surface area contributed by atoms with E-state index in [1.807, 2.05) is 13.8 Å². The number of hydrogen-bond donors (Lipinski definition) is 0. The van der Waals surface area contributed by atoms with E-state index in [0.717, 1.165) is 6.42 Å². The number of ether oxygens (including phenoxy) is 1. The maximum absolute atomic E-state index is 12.5. The van der Waals surface area contributed by atoms with Crippen LogP contribution in [-0.2, 0) is 14.3 Å². The quantitative estimate of drug-likeness (QED) is 0.556. The van der Waals surface area contributed by atoms with Gasteiger partial charge in [0.25, 0.3) is 0 Å². The first-order chi connectivity index (χ1) is 7.81. The average molecular weight is 368 g/mol. The molecule has 2 aliphatic rings. The second-order valence-electron chi connectivity index (χ2n) is 5.53. The van der Waals surface area contributed by atoms with E-state index in [1.54, 1.807) is 0 Å². The number of halogens is 2. The van der Waals surface area contributed by atoms with E-state index < -0.39 is 15.7 Å². The van der Waals surface area contributed by atoms with Crippen LogP contribution >= 0.6 is 31.9 Å². The molecule has 0 aliphatic heterocycles. The van der Waals surface area contributed by atoms with Crippen molar-refractivity contribution in [3.63, 3.8) is 0 Å². The second kappa shape index (κ2) is 3.80. The zero-order chi connectivity index (χ0) is 13.1. The average Bonchev–Trinajstić information content (AvgIpc) is 2.61. The molecule has 0 aromatic rings. The van der Waals surface area contributed by atoms with Crippen molar-refractivity contribution >= 4 is 43.6 Å². The fourth-order valence-corrected chi connectivity index (χ4v) is 6.43. The molecule has 0 unspecified atom stereocenters. The van der Waals surface area contributed by atoms with Crippen LogP contribution in [0.25, 0.3) is 0 Å². The smallest absolute Gasteiger partial charge is 0.313 e. The van der Waals surface area contributed by atoms with Gasteiger partial charge in [-0.25, -0.2) is 0 Å². The molecular formula is C12H16Br2O3. The van der Waals surface area contributed by atoms with E-state index in [9.17, 15) is 9.59 Å². The van der Waals surface area contributed by atoms with Crippen molar-refractivity contribution < 1.29 is 14.3 Å². The van der Waals surface area contributed by atoms with Crippen molar-refractivity contribution in [1.82, 2.24) is 0 Å². The zero-order valence-electron chi connectivity index (χ0n) is 10.2. The Morgan fingerprint density at radius 2 is 2.06 bits per heavy atom. The highest BCUT2D eigenvalue weighted by Gasteiger charge is 2.78. The van der Waals surface area contributed by atoms with Gasteiger partial charge >= 0.3 is 5.97 Å². The Morgan fingerprint density at radius 3 is 2.47 bits per heavy atom. The Kier molecular flexibility index (Phi) is 3.02. The minimum atomic E-state index is -0.716. The highest BCUT2D eigenvalue weighted by molar-refractivity contribution is 9.10. The monoisotopic (exact) mass is 366 g/mol. The van der Waals surface area contributed by atoms with Crippen molar-refractivity contribution in [2.75, 3.05) is 12.4 Å². The molecule has 17 heavy (non-hydrogen) atoms. The molecule has 96 valence electrons. The van der Waals surface area contributed by atoms with E-state index >= 15 is 0 Å². The minimum absolute atomic E-state index is 0.135. The molecule has 2 aliphatic carbocycles. The molecule has 0 aromatic carbocycles. The Hall–Kier alpha value is 0.1000. The summed E-state index contributed by atoms with van der Waals surface area (Å²) in [5.41, 5.74) is -1.55. The minimum Gasteiger partial charge on any atom is -0.469 e. The summed E-state index contributed by atoms with van der Waals surface area (Å²) in [6.07, 6.45) is 1.46. The Morgan fingerprint density at radius 1 is 1.47 bits per heavy atom. The molecule has 0 amide bonds. The van der Waals surface area contributed by atoms with Crippen LogP contribution in [0.2, 0.25) is 0 Å². The van der Waals surface area contributed by atoms with Crippen LogP contribution in [0.5, 0.6) is 0 Å². The maximum atomic E-state index is 12.5. The summed E-state index contributed by atoms with van der Waals surface area (Å²) in [6.45, 7) is 4.02. The largest absolute Gasteiger partial charge is 0.469 e. The van der Waals surface area contributed by atoms with Crippen LogP contribution in [-0.4, -0.2) is 29.0 Å². The molecule has 0 radical (unpaired) electrons. The highest BCUT2D eigenvalue weighted by atomic mass is 79.9. The third-order valence-corrected chi connectivity index (χ3v) is 7.32. The van der Waals surface area contributed by atoms with Crippen molar-refractivity contribution in [3.8, 4) is 0 Å². The van der Waals surface area contributed by atoms with Crippen LogP contribution in [0, 0.1) is 16.2 Å². The zero-order valence-corrected chi connectivity index (χ0v) is 13.4. The third-order valence-electron chi connectivity index (χ3n) is 5.17. The van der Waals surface area contributed by atoms with Crippen molar-refractivity contribution in [3.05, 3.63) is 0 Å². The predicted molar refractivity (Wildman–Crippen MR) is 71.4 cm³/mol. The van der Waals surface area contributed by atoms with E-state index in [0.29, 0.717) is 11.8 Å². The van der Waals surface area contributed by atoms with E-state index in [2.05, 4.69) is 31.9 Å². The number of alkyl halides is 2. The van der Waals surface area contributed by atoms with Crippen LogP contribution in [0.15, 0.2) is 0 Å². The van der Waals surface area contributed by atoms with Gasteiger partial charge in [0.15, 0.2) is 5.78 Å². The molecule has 2 bridgehead atoms. The summed E-state index contributed by atoms with van der Waals surface area (Å²) in [5.74, 6) is -0.130. The van der Waals surface area contributed by atoms with Gasteiger partial charge in [-0.2, -0.15) is 0 Å². The molecule has 2 fully saturated rings. The maximum Gasteiger partial charge on any atom is 0.313 e. The van der Waals surface area contributed by atoms with Gasteiger partial charge < -0.3 is 4.74 Å². The molecule has 0 N–H and O–H groups in total. The number of rotatable bonds is 2. The number of ketones is 1. The fourth-order valence-electron chi connectivity index (χ4n) is 3.75. The summed E-state index contributed by atoms with van der Waals surface area (Å²) < 4.78 is 4.96. The Bertz CT molecular complexity index is 393. The highest BCUT2D eigenvalue weighted by Crippen LogP contribution is 2.72. The molecule has 5 heteroatoms. The summed E-state index contributed by atoms with van der Waals surface area (Å²) in [7, 11) is 1.39. The van der Waals surface area contributed by atoms with Gasteiger partial charge in [0.1, 0.15) is 0 Å². The lowest BCUT2D eigenvalue weighted by Crippen LogP contribution is -2.45. The van der Waals surface area contributed by atoms with Gasteiger partial charge in [0.05, 0.1) is 17.4 Å². The van der Waals surface area contributed by atoms with Gasteiger partial charge in [-0.3, -0.25) is 9.59 Å². The topological polar surface area (TPSA) is 43.4 Å². The number of fused-ring (bicyclic) bond motifs is 2. The lowest BCUT2D eigenvalue weighted by molar-refractivity contribution is -0.157. The second-order valence-corrected chi connectivity index (χ2v) is 7.01. The molecule has 2 rings (SSSR count). The van der Waals surface area contributed by atoms with E-state index in [-0.39, 0.29) is 17.2 Å². The van der Waals surface area contributed by atoms with Crippen LogP contribution in [0.3, 0.4) is 0 Å². The summed E-state index contributed by atoms with van der Waals surface area (Å²) >= 11 is 6.90. The first-order valence-electron chi connectivity index (χ1n) is 5.64. The molecule has 0 aromatic heterocycles. The first-order valence-corrected chi connectivity index (χ1v) is 7.68. The molecule has 0 spiro atoms. The lowest BCUT2D eigenvalue weighted by Gasteiger charge is -2.39. The number of Topliss-reactive ketones (excluding diaryl/α,β-unsaturated/α-hetero) is 1. The number of carbonyl (C=O) groups excluding carboxylic acids is 2. The summed E-state index contributed by atoms with van der Waals surface area (Å²) in [6, 6.07) is 0. The molecule has 0 saturated heterocycles. The Balaban J connectivity index is 2.63. The normalized spacial score (nSPS) is 42.9. The molecule has 3 nitrogen and oxygen atoms in total. The van der Waals surface area contributed by atoms with Crippen molar-refractivity contribution in [2.45, 2.75) is 31.5 Å². The molecule has 3 atom stereocenters. The summed E-state index contributed by atoms with van der Waals surface area (Å²) in [5, 5.41) is 0.604. The van der Waals surface area contributed by atoms with E-state index in [4.69, 9.17) is 4.74 Å². The van der Waals surface area contributed by atoms with Gasteiger partial charge in [0, 0.05) is 10.7 Å². The van der Waals surface area contributed by atoms with Gasteiger partial charge in [-0.1, -0.05) is 45.7 Å².